The fourth-order valence-electron chi connectivity index (χ4n) is 3.18. The number of para-hydroxylation sites is 1. The highest BCUT2D eigenvalue weighted by Gasteiger charge is 2.19. The van der Waals surface area contributed by atoms with Gasteiger partial charge in [0.1, 0.15) is 12.4 Å². The molecule has 1 saturated heterocycles. The number of benzene rings is 2. The van der Waals surface area contributed by atoms with Gasteiger partial charge in [0.25, 0.3) is 0 Å². The highest BCUT2D eigenvalue weighted by molar-refractivity contribution is 6.30. The summed E-state index contributed by atoms with van der Waals surface area (Å²) in [5.41, 5.74) is 1.40. The average molecular weight is 366 g/mol. The second kappa shape index (κ2) is 9.93. The Balaban J connectivity index is 0.00000208. The molecular formula is C20H25Cl2NO. The SMILES string of the molecule is Cl.Clc1ccc(CC2CCN(CCOc3ccccc3)CC2)cc1. The van der Waals surface area contributed by atoms with Crippen molar-refractivity contribution in [3.63, 3.8) is 0 Å². The monoisotopic (exact) mass is 365 g/mol. The second-order valence-corrected chi connectivity index (χ2v) is 6.71. The standard InChI is InChI=1S/C20H24ClNO.ClH/c21-19-8-6-17(7-9-19)16-18-10-12-22(13-11-18)14-15-23-20-4-2-1-3-5-20;/h1-9,18H,10-16H2;1H. The molecule has 0 N–H and O–H groups in total. The van der Waals surface area contributed by atoms with Crippen molar-refractivity contribution in [3.05, 3.63) is 65.2 Å². The molecule has 4 heteroatoms. The number of ether oxygens (including phenoxy) is 1. The first-order valence-electron chi connectivity index (χ1n) is 8.44. The van der Waals surface area contributed by atoms with Gasteiger partial charge in [-0.15, -0.1) is 12.4 Å². The van der Waals surface area contributed by atoms with Gasteiger partial charge in [0.15, 0.2) is 0 Å². The maximum absolute atomic E-state index is 5.95. The topological polar surface area (TPSA) is 12.5 Å². The van der Waals surface area contributed by atoms with Crippen LogP contribution in [-0.2, 0) is 6.42 Å². The molecule has 130 valence electrons. The molecule has 1 fully saturated rings. The van der Waals surface area contributed by atoms with Gasteiger partial charge in [-0.25, -0.2) is 0 Å². The summed E-state index contributed by atoms with van der Waals surface area (Å²) in [6.45, 7) is 4.14. The zero-order valence-corrected chi connectivity index (χ0v) is 15.4. The van der Waals surface area contributed by atoms with Crippen molar-refractivity contribution in [1.29, 1.82) is 0 Å². The summed E-state index contributed by atoms with van der Waals surface area (Å²) >= 11 is 5.95. The van der Waals surface area contributed by atoms with Crippen LogP contribution in [0.2, 0.25) is 5.02 Å². The van der Waals surface area contributed by atoms with E-state index in [1.54, 1.807) is 0 Å². The lowest BCUT2D eigenvalue weighted by Crippen LogP contribution is -2.36. The van der Waals surface area contributed by atoms with Crippen LogP contribution in [-0.4, -0.2) is 31.1 Å². The largest absolute Gasteiger partial charge is 0.492 e. The van der Waals surface area contributed by atoms with Gasteiger partial charge in [-0.2, -0.15) is 0 Å². The van der Waals surface area contributed by atoms with Crippen LogP contribution < -0.4 is 4.74 Å². The Morgan fingerprint density at radius 2 is 1.62 bits per heavy atom. The molecule has 0 atom stereocenters. The van der Waals surface area contributed by atoms with Gasteiger partial charge in [0.2, 0.25) is 0 Å². The molecule has 0 bridgehead atoms. The highest BCUT2D eigenvalue weighted by atomic mass is 35.5. The van der Waals surface area contributed by atoms with Gasteiger partial charge in [-0.1, -0.05) is 41.9 Å². The number of hydrogen-bond acceptors (Lipinski definition) is 2. The molecule has 2 aromatic carbocycles. The summed E-state index contributed by atoms with van der Waals surface area (Å²) in [5.74, 6) is 1.76. The molecular weight excluding hydrogens is 341 g/mol. The van der Waals surface area contributed by atoms with Gasteiger partial charge in [-0.3, -0.25) is 4.90 Å². The van der Waals surface area contributed by atoms with E-state index in [2.05, 4.69) is 17.0 Å². The van der Waals surface area contributed by atoms with Gasteiger partial charge >= 0.3 is 0 Å². The minimum Gasteiger partial charge on any atom is -0.492 e. The van der Waals surface area contributed by atoms with E-state index in [1.807, 2.05) is 42.5 Å². The third-order valence-corrected chi connectivity index (χ3v) is 4.82. The first-order valence-corrected chi connectivity index (χ1v) is 8.82. The van der Waals surface area contributed by atoms with Gasteiger partial charge in [0, 0.05) is 11.6 Å². The first-order chi connectivity index (χ1) is 11.3. The number of piperidine rings is 1. The summed E-state index contributed by atoms with van der Waals surface area (Å²) in [6, 6.07) is 18.4. The molecule has 3 rings (SSSR count). The van der Waals surface area contributed by atoms with Crippen LogP contribution in [0.3, 0.4) is 0 Å². The number of halogens is 2. The van der Waals surface area contributed by atoms with E-state index in [0.29, 0.717) is 0 Å². The lowest BCUT2D eigenvalue weighted by molar-refractivity contribution is 0.155. The first kappa shape index (κ1) is 19.1. The molecule has 0 aliphatic carbocycles. The van der Waals surface area contributed by atoms with Crippen molar-refractivity contribution in [3.8, 4) is 5.75 Å². The average Bonchev–Trinajstić information content (AvgIpc) is 2.59. The van der Waals surface area contributed by atoms with Crippen molar-refractivity contribution >= 4 is 24.0 Å². The normalized spacial score (nSPS) is 15.7. The third-order valence-electron chi connectivity index (χ3n) is 4.56. The smallest absolute Gasteiger partial charge is 0.119 e. The summed E-state index contributed by atoms with van der Waals surface area (Å²) in [4.78, 5) is 2.52. The fourth-order valence-corrected chi connectivity index (χ4v) is 3.30. The van der Waals surface area contributed by atoms with Gasteiger partial charge < -0.3 is 4.74 Å². The maximum atomic E-state index is 5.95. The fraction of sp³-hybridized carbons (Fsp3) is 0.400. The minimum absolute atomic E-state index is 0. The second-order valence-electron chi connectivity index (χ2n) is 6.28. The Kier molecular flexibility index (Phi) is 7.90. The number of rotatable bonds is 6. The molecule has 1 aliphatic rings. The molecule has 0 aromatic heterocycles. The van der Waals surface area contributed by atoms with E-state index in [0.717, 1.165) is 29.8 Å². The number of hydrogen-bond donors (Lipinski definition) is 0. The summed E-state index contributed by atoms with van der Waals surface area (Å²) in [7, 11) is 0. The molecule has 0 unspecified atom stereocenters. The zero-order valence-electron chi connectivity index (χ0n) is 13.9. The van der Waals surface area contributed by atoms with E-state index in [1.165, 1.54) is 37.9 Å². The molecule has 2 nitrogen and oxygen atoms in total. The quantitative estimate of drug-likeness (QED) is 0.706. The van der Waals surface area contributed by atoms with Crippen molar-refractivity contribution in [2.24, 2.45) is 5.92 Å². The Morgan fingerprint density at radius 1 is 0.958 bits per heavy atom. The summed E-state index contributed by atoms with van der Waals surface area (Å²) in [6.07, 6.45) is 3.72. The summed E-state index contributed by atoms with van der Waals surface area (Å²) in [5, 5.41) is 0.821. The van der Waals surface area contributed by atoms with Crippen molar-refractivity contribution < 1.29 is 4.74 Å². The Morgan fingerprint density at radius 3 is 2.29 bits per heavy atom. The molecule has 2 aromatic rings. The van der Waals surface area contributed by atoms with Crippen LogP contribution in [0, 0.1) is 5.92 Å². The molecule has 0 radical (unpaired) electrons. The minimum atomic E-state index is 0. The predicted molar refractivity (Wildman–Crippen MR) is 104 cm³/mol. The molecule has 1 heterocycles. The van der Waals surface area contributed by atoms with Crippen LogP contribution >= 0.6 is 24.0 Å². The van der Waals surface area contributed by atoms with Crippen molar-refractivity contribution in [1.82, 2.24) is 4.90 Å². The van der Waals surface area contributed by atoms with Crippen molar-refractivity contribution in [2.75, 3.05) is 26.2 Å². The van der Waals surface area contributed by atoms with Crippen LogP contribution in [0.15, 0.2) is 54.6 Å². The van der Waals surface area contributed by atoms with E-state index >= 15 is 0 Å². The van der Waals surface area contributed by atoms with Crippen molar-refractivity contribution in [2.45, 2.75) is 19.3 Å². The van der Waals surface area contributed by atoms with E-state index < -0.39 is 0 Å². The predicted octanol–water partition coefficient (Wildman–Crippen LogP) is 5.10. The zero-order chi connectivity index (χ0) is 15.9. The van der Waals surface area contributed by atoms with Gasteiger partial charge in [0.05, 0.1) is 0 Å². The molecule has 0 spiro atoms. The molecule has 0 amide bonds. The van der Waals surface area contributed by atoms with E-state index in [9.17, 15) is 0 Å². The van der Waals surface area contributed by atoms with Crippen LogP contribution in [0.5, 0.6) is 5.75 Å². The Bertz CT molecular complexity index is 580. The lowest BCUT2D eigenvalue weighted by atomic mass is 9.90. The van der Waals surface area contributed by atoms with Crippen LogP contribution in [0.1, 0.15) is 18.4 Å². The molecule has 24 heavy (non-hydrogen) atoms. The highest BCUT2D eigenvalue weighted by Crippen LogP contribution is 2.22. The number of likely N-dealkylation sites (tertiary alicyclic amines) is 1. The third kappa shape index (κ3) is 6.01. The molecule has 0 saturated carbocycles. The molecule has 1 aliphatic heterocycles. The van der Waals surface area contributed by atoms with E-state index in [4.69, 9.17) is 16.3 Å². The van der Waals surface area contributed by atoms with Crippen LogP contribution in [0.4, 0.5) is 0 Å². The Hall–Kier alpha value is -1.22. The van der Waals surface area contributed by atoms with E-state index in [-0.39, 0.29) is 12.4 Å². The van der Waals surface area contributed by atoms with Crippen LogP contribution in [0.25, 0.3) is 0 Å². The number of nitrogens with zero attached hydrogens (tertiary/aromatic N) is 1. The lowest BCUT2D eigenvalue weighted by Gasteiger charge is -2.31. The summed E-state index contributed by atoms with van der Waals surface area (Å²) < 4.78 is 5.79. The maximum Gasteiger partial charge on any atom is 0.119 e. The van der Waals surface area contributed by atoms with Gasteiger partial charge in [-0.05, 0) is 68.1 Å². The Labute approximate surface area is 156 Å².